The lowest BCUT2D eigenvalue weighted by Gasteiger charge is -2.15. The van der Waals surface area contributed by atoms with Gasteiger partial charge in [-0.2, -0.15) is 0 Å². The van der Waals surface area contributed by atoms with Gasteiger partial charge in [0.05, 0.1) is 14.2 Å². The highest BCUT2D eigenvalue weighted by Crippen LogP contribution is 2.45. The summed E-state index contributed by atoms with van der Waals surface area (Å²) in [4.78, 5) is 11.9. The Bertz CT molecular complexity index is 695. The zero-order valence-electron chi connectivity index (χ0n) is 12.3. The standard InChI is InChI=1S/C16H15ClO5/c1-9-4-6-10(7-5-9)22-15-11(16(19)21-3)8-12(20-2)13(17)14(15)18/h4-8,18H,1-3H3. The van der Waals surface area contributed by atoms with Crippen LogP contribution in [0.25, 0.3) is 0 Å². The van der Waals surface area contributed by atoms with Crippen molar-refractivity contribution in [2.75, 3.05) is 14.2 Å². The second-order valence-corrected chi connectivity index (χ2v) is 4.90. The molecule has 0 aromatic heterocycles. The van der Waals surface area contributed by atoms with Gasteiger partial charge in [0.15, 0.2) is 11.5 Å². The summed E-state index contributed by atoms with van der Waals surface area (Å²) in [6, 6.07) is 8.48. The lowest BCUT2D eigenvalue weighted by Crippen LogP contribution is -2.05. The van der Waals surface area contributed by atoms with E-state index in [0.29, 0.717) is 5.75 Å². The SMILES string of the molecule is COC(=O)c1cc(OC)c(Cl)c(O)c1Oc1ccc(C)cc1. The molecule has 2 rings (SSSR count). The maximum atomic E-state index is 11.9. The number of rotatable bonds is 4. The molecule has 0 unspecified atom stereocenters. The Morgan fingerprint density at radius 1 is 1.18 bits per heavy atom. The first-order chi connectivity index (χ1) is 10.5. The van der Waals surface area contributed by atoms with E-state index in [1.165, 1.54) is 20.3 Å². The number of hydrogen-bond acceptors (Lipinski definition) is 5. The number of methoxy groups -OCH3 is 2. The number of hydrogen-bond donors (Lipinski definition) is 1. The van der Waals surface area contributed by atoms with E-state index >= 15 is 0 Å². The van der Waals surface area contributed by atoms with Crippen LogP contribution in [0.15, 0.2) is 30.3 Å². The van der Waals surface area contributed by atoms with Crippen molar-refractivity contribution in [1.82, 2.24) is 0 Å². The average Bonchev–Trinajstić information content (AvgIpc) is 2.53. The van der Waals surface area contributed by atoms with Crippen LogP contribution in [0.4, 0.5) is 0 Å². The number of esters is 1. The molecular weight excluding hydrogens is 308 g/mol. The summed E-state index contributed by atoms with van der Waals surface area (Å²) in [7, 11) is 2.61. The van der Waals surface area contributed by atoms with Crippen LogP contribution in [0.2, 0.25) is 5.02 Å². The van der Waals surface area contributed by atoms with E-state index in [1.807, 2.05) is 19.1 Å². The highest BCUT2D eigenvalue weighted by atomic mass is 35.5. The molecule has 0 radical (unpaired) electrons. The molecule has 0 atom stereocenters. The minimum absolute atomic E-state index is 0.0156. The van der Waals surface area contributed by atoms with Gasteiger partial charge in [-0.1, -0.05) is 29.3 Å². The van der Waals surface area contributed by atoms with Gasteiger partial charge < -0.3 is 19.3 Å². The second kappa shape index (κ2) is 6.58. The molecule has 116 valence electrons. The van der Waals surface area contributed by atoms with Crippen molar-refractivity contribution in [2.45, 2.75) is 6.92 Å². The smallest absolute Gasteiger partial charge is 0.341 e. The molecule has 6 heteroatoms. The minimum Gasteiger partial charge on any atom is -0.503 e. The highest BCUT2D eigenvalue weighted by molar-refractivity contribution is 6.34. The number of aromatic hydroxyl groups is 1. The molecule has 0 heterocycles. The Labute approximate surface area is 133 Å². The molecule has 0 saturated heterocycles. The van der Waals surface area contributed by atoms with Gasteiger partial charge in [0.25, 0.3) is 0 Å². The average molecular weight is 323 g/mol. The van der Waals surface area contributed by atoms with Crippen LogP contribution < -0.4 is 9.47 Å². The molecule has 5 nitrogen and oxygen atoms in total. The summed E-state index contributed by atoms with van der Waals surface area (Å²) < 4.78 is 15.3. The first kappa shape index (κ1) is 16.0. The Hall–Kier alpha value is -2.40. The third kappa shape index (κ3) is 3.09. The molecule has 0 fully saturated rings. The van der Waals surface area contributed by atoms with Crippen molar-refractivity contribution in [3.05, 3.63) is 46.5 Å². The Morgan fingerprint density at radius 2 is 1.82 bits per heavy atom. The Balaban J connectivity index is 2.54. The van der Waals surface area contributed by atoms with Crippen molar-refractivity contribution < 1.29 is 24.1 Å². The molecule has 0 spiro atoms. The van der Waals surface area contributed by atoms with E-state index in [4.69, 9.17) is 25.8 Å². The van der Waals surface area contributed by atoms with Crippen molar-refractivity contribution in [1.29, 1.82) is 0 Å². The summed E-state index contributed by atoms with van der Waals surface area (Å²) in [5.74, 6) is -0.543. The van der Waals surface area contributed by atoms with Gasteiger partial charge in [-0.05, 0) is 19.1 Å². The minimum atomic E-state index is -0.674. The quantitative estimate of drug-likeness (QED) is 0.864. The van der Waals surface area contributed by atoms with Crippen molar-refractivity contribution >= 4 is 17.6 Å². The zero-order valence-corrected chi connectivity index (χ0v) is 13.1. The number of ether oxygens (including phenoxy) is 3. The number of benzene rings is 2. The molecule has 0 aliphatic carbocycles. The van der Waals surface area contributed by atoms with Gasteiger partial charge >= 0.3 is 5.97 Å². The van der Waals surface area contributed by atoms with Crippen LogP contribution in [-0.4, -0.2) is 25.3 Å². The number of phenolic OH excluding ortho intramolecular Hbond substituents is 1. The Kier molecular flexibility index (Phi) is 4.78. The molecule has 0 amide bonds. The third-order valence-electron chi connectivity index (χ3n) is 3.03. The van der Waals surface area contributed by atoms with Crippen LogP contribution in [0.3, 0.4) is 0 Å². The van der Waals surface area contributed by atoms with Gasteiger partial charge in [-0.25, -0.2) is 4.79 Å². The fourth-order valence-electron chi connectivity index (χ4n) is 1.84. The largest absolute Gasteiger partial charge is 0.503 e. The Morgan fingerprint density at radius 3 is 2.36 bits per heavy atom. The molecule has 2 aromatic carbocycles. The van der Waals surface area contributed by atoms with E-state index in [0.717, 1.165) is 5.56 Å². The van der Waals surface area contributed by atoms with Crippen LogP contribution >= 0.6 is 11.6 Å². The van der Waals surface area contributed by atoms with Crippen LogP contribution in [0.1, 0.15) is 15.9 Å². The molecule has 0 bridgehead atoms. The molecule has 22 heavy (non-hydrogen) atoms. The number of halogens is 1. The van der Waals surface area contributed by atoms with Gasteiger partial charge in [0, 0.05) is 6.07 Å². The summed E-state index contributed by atoms with van der Waals surface area (Å²) in [5.41, 5.74) is 1.07. The molecule has 2 aromatic rings. The summed E-state index contributed by atoms with van der Waals surface area (Å²) >= 11 is 6.00. The maximum Gasteiger partial charge on any atom is 0.341 e. The fraction of sp³-hybridized carbons (Fsp3) is 0.188. The maximum absolute atomic E-state index is 11.9. The van der Waals surface area contributed by atoms with Gasteiger partial charge in [0.2, 0.25) is 0 Å². The fourth-order valence-corrected chi connectivity index (χ4v) is 2.06. The molecule has 1 N–H and O–H groups in total. The van der Waals surface area contributed by atoms with E-state index in [2.05, 4.69) is 0 Å². The van der Waals surface area contributed by atoms with E-state index in [9.17, 15) is 9.90 Å². The normalized spacial score (nSPS) is 10.2. The number of phenols is 1. The predicted molar refractivity (Wildman–Crippen MR) is 82.3 cm³/mol. The summed E-state index contributed by atoms with van der Waals surface area (Å²) in [6.07, 6.45) is 0. The topological polar surface area (TPSA) is 65.0 Å². The van der Waals surface area contributed by atoms with E-state index in [-0.39, 0.29) is 27.8 Å². The number of carbonyl (C=O) groups is 1. The van der Waals surface area contributed by atoms with Gasteiger partial charge in [-0.3, -0.25) is 0 Å². The molecule has 0 saturated carbocycles. The highest BCUT2D eigenvalue weighted by Gasteiger charge is 2.24. The predicted octanol–water partition coefficient (Wildman–Crippen LogP) is 3.94. The first-order valence-corrected chi connectivity index (χ1v) is 6.78. The molecule has 0 aliphatic rings. The monoisotopic (exact) mass is 322 g/mol. The molecule has 0 aliphatic heterocycles. The van der Waals surface area contributed by atoms with Crippen LogP contribution in [0, 0.1) is 6.92 Å². The van der Waals surface area contributed by atoms with Gasteiger partial charge in [0.1, 0.15) is 22.1 Å². The lowest BCUT2D eigenvalue weighted by atomic mass is 10.1. The van der Waals surface area contributed by atoms with Crippen LogP contribution in [-0.2, 0) is 4.74 Å². The third-order valence-corrected chi connectivity index (χ3v) is 3.39. The lowest BCUT2D eigenvalue weighted by molar-refractivity contribution is 0.0596. The zero-order chi connectivity index (χ0) is 16.3. The van der Waals surface area contributed by atoms with Gasteiger partial charge in [-0.15, -0.1) is 0 Å². The first-order valence-electron chi connectivity index (χ1n) is 6.40. The second-order valence-electron chi connectivity index (χ2n) is 4.52. The summed E-state index contributed by atoms with van der Waals surface area (Å²) in [5, 5.41) is 10.2. The summed E-state index contributed by atoms with van der Waals surface area (Å²) in [6.45, 7) is 1.94. The van der Waals surface area contributed by atoms with Crippen molar-refractivity contribution in [3.8, 4) is 23.0 Å². The van der Waals surface area contributed by atoms with E-state index < -0.39 is 5.97 Å². The van der Waals surface area contributed by atoms with Crippen LogP contribution in [0.5, 0.6) is 23.0 Å². The molecular formula is C16H15ClO5. The van der Waals surface area contributed by atoms with Crippen molar-refractivity contribution in [2.24, 2.45) is 0 Å². The van der Waals surface area contributed by atoms with Crippen molar-refractivity contribution in [3.63, 3.8) is 0 Å². The van der Waals surface area contributed by atoms with E-state index in [1.54, 1.807) is 12.1 Å². The number of carbonyl (C=O) groups excluding carboxylic acids is 1. The number of aryl methyl sites for hydroxylation is 1.